The predicted octanol–water partition coefficient (Wildman–Crippen LogP) is 3.71. The molecule has 0 spiro atoms. The Bertz CT molecular complexity index is 861. The van der Waals surface area contributed by atoms with Gasteiger partial charge in [-0.15, -0.1) is 0 Å². The van der Waals surface area contributed by atoms with Crippen LogP contribution < -0.4 is 4.90 Å². The van der Waals surface area contributed by atoms with Crippen LogP contribution in [0, 0.1) is 5.92 Å². The zero-order valence-corrected chi connectivity index (χ0v) is 16.9. The summed E-state index contributed by atoms with van der Waals surface area (Å²) in [7, 11) is 0. The van der Waals surface area contributed by atoms with Gasteiger partial charge in [-0.2, -0.15) is 0 Å². The van der Waals surface area contributed by atoms with Crippen LogP contribution in [0.1, 0.15) is 48.6 Å². The minimum atomic E-state index is -0.508. The maximum atomic E-state index is 12.5. The van der Waals surface area contributed by atoms with Gasteiger partial charge in [0.05, 0.1) is 6.10 Å². The zero-order valence-electron chi connectivity index (χ0n) is 16.9. The van der Waals surface area contributed by atoms with Crippen molar-refractivity contribution < 1.29 is 9.90 Å². The monoisotopic (exact) mass is 378 g/mol. The molecular weight excluding hydrogens is 348 g/mol. The lowest BCUT2D eigenvalue weighted by Gasteiger charge is -2.32. The number of nitrogens with zero attached hydrogens (tertiary/aromatic N) is 2. The van der Waals surface area contributed by atoms with Crippen molar-refractivity contribution in [1.82, 2.24) is 4.90 Å². The average Bonchev–Trinajstić information content (AvgIpc) is 2.72. The number of hydrogen-bond acceptors (Lipinski definition) is 3. The van der Waals surface area contributed by atoms with Crippen molar-refractivity contribution in [2.24, 2.45) is 5.92 Å². The van der Waals surface area contributed by atoms with Gasteiger partial charge in [0.15, 0.2) is 0 Å². The highest BCUT2D eigenvalue weighted by molar-refractivity contribution is 5.95. The second-order valence-corrected chi connectivity index (χ2v) is 8.41. The van der Waals surface area contributed by atoms with Gasteiger partial charge in [0.1, 0.15) is 0 Å². The van der Waals surface area contributed by atoms with E-state index in [9.17, 15) is 9.90 Å². The Morgan fingerprint density at radius 1 is 1.04 bits per heavy atom. The number of anilines is 1. The Morgan fingerprint density at radius 2 is 1.82 bits per heavy atom. The number of fused-ring (bicyclic) bond motifs is 2. The number of carbonyl (C=O) groups is 1. The van der Waals surface area contributed by atoms with Crippen LogP contribution >= 0.6 is 0 Å². The highest BCUT2D eigenvalue weighted by Gasteiger charge is 2.26. The summed E-state index contributed by atoms with van der Waals surface area (Å²) in [5.41, 5.74) is 5.95. The molecule has 0 aliphatic carbocycles. The van der Waals surface area contributed by atoms with E-state index >= 15 is 0 Å². The van der Waals surface area contributed by atoms with Gasteiger partial charge in [-0.3, -0.25) is 9.69 Å². The molecule has 0 fully saturated rings. The Labute approximate surface area is 167 Å². The molecule has 2 aromatic carbocycles. The van der Waals surface area contributed by atoms with Gasteiger partial charge < -0.3 is 10.0 Å². The van der Waals surface area contributed by atoms with Crippen molar-refractivity contribution in [1.29, 1.82) is 0 Å². The second kappa shape index (κ2) is 8.06. The van der Waals surface area contributed by atoms with Crippen LogP contribution in [0.4, 0.5) is 5.69 Å². The van der Waals surface area contributed by atoms with Crippen LogP contribution in [0.5, 0.6) is 0 Å². The van der Waals surface area contributed by atoms with Gasteiger partial charge in [0, 0.05) is 37.8 Å². The molecule has 0 saturated carbocycles. The summed E-state index contributed by atoms with van der Waals surface area (Å²) < 4.78 is 0. The third-order valence-corrected chi connectivity index (χ3v) is 6.01. The number of amides is 1. The van der Waals surface area contributed by atoms with Crippen molar-refractivity contribution >= 4 is 11.6 Å². The number of aliphatic hydroxyl groups is 1. The molecule has 0 radical (unpaired) electrons. The number of β-amino-alcohol motifs (C(OH)–C–C–N with tert-alkyl or cyclic N) is 1. The van der Waals surface area contributed by atoms with Crippen LogP contribution in [-0.4, -0.2) is 35.5 Å². The molecule has 0 saturated heterocycles. The van der Waals surface area contributed by atoms with E-state index in [1.165, 1.54) is 16.7 Å². The molecule has 148 valence electrons. The van der Waals surface area contributed by atoms with Crippen LogP contribution in [0.25, 0.3) is 0 Å². The Morgan fingerprint density at radius 3 is 2.61 bits per heavy atom. The van der Waals surface area contributed by atoms with Crippen LogP contribution in [0.2, 0.25) is 0 Å². The summed E-state index contributed by atoms with van der Waals surface area (Å²) in [5.74, 6) is 0.180. The lowest BCUT2D eigenvalue weighted by molar-refractivity contribution is -0.121. The fourth-order valence-electron chi connectivity index (χ4n) is 4.42. The molecule has 1 N–H and O–H groups in total. The molecule has 4 heteroatoms. The van der Waals surface area contributed by atoms with Gasteiger partial charge >= 0.3 is 0 Å². The van der Waals surface area contributed by atoms with E-state index < -0.39 is 6.10 Å². The van der Waals surface area contributed by atoms with E-state index in [1.807, 2.05) is 30.9 Å². The fourth-order valence-corrected chi connectivity index (χ4v) is 4.42. The summed E-state index contributed by atoms with van der Waals surface area (Å²) in [6, 6.07) is 14.7. The van der Waals surface area contributed by atoms with Gasteiger partial charge in [-0.25, -0.2) is 0 Å². The van der Waals surface area contributed by atoms with E-state index in [0.717, 1.165) is 50.1 Å². The SMILES string of the molecule is CC(C)C(=O)N1CCCc2cc([C@H](O)CN3CCc4ccccc4C3)ccc21. The third-order valence-electron chi connectivity index (χ3n) is 6.01. The quantitative estimate of drug-likeness (QED) is 0.882. The molecule has 1 atom stereocenters. The smallest absolute Gasteiger partial charge is 0.229 e. The Kier molecular flexibility index (Phi) is 5.51. The largest absolute Gasteiger partial charge is 0.387 e. The summed E-state index contributed by atoms with van der Waals surface area (Å²) in [5, 5.41) is 10.9. The van der Waals surface area contributed by atoms with Crippen LogP contribution in [-0.2, 0) is 24.2 Å². The lowest BCUT2D eigenvalue weighted by Crippen LogP contribution is -2.38. The number of carbonyl (C=O) groups excluding carboxylic acids is 1. The Balaban J connectivity index is 1.47. The second-order valence-electron chi connectivity index (χ2n) is 8.41. The molecule has 1 amide bonds. The number of aliphatic hydroxyl groups excluding tert-OH is 1. The molecular formula is C24H30N2O2. The highest BCUT2D eigenvalue weighted by atomic mass is 16.3. The van der Waals surface area contributed by atoms with E-state index in [-0.39, 0.29) is 11.8 Å². The van der Waals surface area contributed by atoms with Crippen molar-refractivity contribution in [3.05, 3.63) is 64.7 Å². The van der Waals surface area contributed by atoms with Gasteiger partial charge in [-0.1, -0.05) is 50.2 Å². The summed E-state index contributed by atoms with van der Waals surface area (Å²) in [6.07, 6.45) is 2.48. The molecule has 28 heavy (non-hydrogen) atoms. The number of benzene rings is 2. The number of hydrogen-bond donors (Lipinski definition) is 1. The average molecular weight is 379 g/mol. The topological polar surface area (TPSA) is 43.8 Å². The molecule has 0 unspecified atom stereocenters. The lowest BCUT2D eigenvalue weighted by atomic mass is 9.95. The first-order chi connectivity index (χ1) is 13.5. The molecule has 2 aromatic rings. The predicted molar refractivity (Wildman–Crippen MR) is 112 cm³/mol. The summed E-state index contributed by atoms with van der Waals surface area (Å²) >= 11 is 0. The molecule has 0 aromatic heterocycles. The fraction of sp³-hybridized carbons (Fsp3) is 0.458. The zero-order chi connectivity index (χ0) is 19.7. The first-order valence-corrected chi connectivity index (χ1v) is 10.4. The van der Waals surface area contributed by atoms with Crippen molar-refractivity contribution in [2.75, 3.05) is 24.5 Å². The summed E-state index contributed by atoms with van der Waals surface area (Å²) in [6.45, 7) is 7.21. The van der Waals surface area contributed by atoms with Gasteiger partial charge in [0.25, 0.3) is 0 Å². The minimum Gasteiger partial charge on any atom is -0.387 e. The first-order valence-electron chi connectivity index (χ1n) is 10.4. The molecule has 4 rings (SSSR count). The van der Waals surface area contributed by atoms with Crippen LogP contribution in [0.15, 0.2) is 42.5 Å². The van der Waals surface area contributed by atoms with E-state index in [2.05, 4.69) is 35.2 Å². The van der Waals surface area contributed by atoms with E-state index in [4.69, 9.17) is 0 Å². The van der Waals surface area contributed by atoms with Gasteiger partial charge in [0.2, 0.25) is 5.91 Å². The molecule has 2 aliphatic heterocycles. The van der Waals surface area contributed by atoms with Crippen molar-refractivity contribution in [3.63, 3.8) is 0 Å². The van der Waals surface area contributed by atoms with Crippen molar-refractivity contribution in [3.8, 4) is 0 Å². The molecule has 2 heterocycles. The normalized spacial score (nSPS) is 17.9. The number of aryl methyl sites for hydroxylation is 1. The first kappa shape index (κ1) is 19.2. The maximum Gasteiger partial charge on any atom is 0.229 e. The molecule has 4 nitrogen and oxygen atoms in total. The standard InChI is InChI=1S/C24H30N2O2/c1-17(2)24(28)26-12-5-8-19-14-20(9-10-22(19)26)23(27)16-25-13-11-18-6-3-4-7-21(18)15-25/h3-4,6-7,9-10,14,17,23,27H,5,8,11-13,15-16H2,1-2H3/t23-/m1/s1. The molecule has 2 aliphatic rings. The highest BCUT2D eigenvalue weighted by Crippen LogP contribution is 2.31. The van der Waals surface area contributed by atoms with Crippen molar-refractivity contribution in [2.45, 2.75) is 45.8 Å². The van der Waals surface area contributed by atoms with E-state index in [1.54, 1.807) is 0 Å². The van der Waals surface area contributed by atoms with Crippen LogP contribution in [0.3, 0.4) is 0 Å². The maximum absolute atomic E-state index is 12.5. The minimum absolute atomic E-state index is 0.00167. The van der Waals surface area contributed by atoms with Gasteiger partial charge in [-0.05, 0) is 47.6 Å². The molecule has 0 bridgehead atoms. The number of rotatable bonds is 4. The summed E-state index contributed by atoms with van der Waals surface area (Å²) in [4.78, 5) is 16.8. The third kappa shape index (κ3) is 3.85. The Hall–Kier alpha value is -2.17. The van der Waals surface area contributed by atoms with E-state index in [0.29, 0.717) is 6.54 Å².